The molecule has 316 valence electrons. The van der Waals surface area contributed by atoms with Gasteiger partial charge in [0.15, 0.2) is 76.9 Å². The van der Waals surface area contributed by atoms with E-state index in [4.69, 9.17) is 4.74 Å². The van der Waals surface area contributed by atoms with E-state index in [1.165, 1.54) is 7.14 Å². The molecule has 0 aromatic heterocycles. The maximum atomic E-state index is 15.4. The van der Waals surface area contributed by atoms with Gasteiger partial charge >= 0.3 is 21.2 Å². The second-order valence-electron chi connectivity index (χ2n) is 11.8. The lowest BCUT2D eigenvalue weighted by atomic mass is 9.12. The molecule has 0 aliphatic rings. The van der Waals surface area contributed by atoms with Crippen LogP contribution < -0.4 is 47.8 Å². The monoisotopic (exact) mass is 990 g/mol. The van der Waals surface area contributed by atoms with Crippen LogP contribution in [0.5, 0.6) is 5.75 Å². The van der Waals surface area contributed by atoms with Gasteiger partial charge < -0.3 is 4.74 Å². The van der Waals surface area contributed by atoms with Crippen LogP contribution >= 0.6 is 0 Å². The molecule has 1 nitrogen and oxygen atoms in total. The van der Waals surface area contributed by atoms with E-state index in [0.29, 0.717) is 0 Å². The number of methoxy groups -OCH3 is 1. The fourth-order valence-electron chi connectivity index (χ4n) is 6.11. The number of ether oxygens (including phenoxy) is 1. The van der Waals surface area contributed by atoms with E-state index in [1.54, 1.807) is 7.11 Å². The van der Waals surface area contributed by atoms with Gasteiger partial charge in [0.1, 0.15) is 58.4 Å². The van der Waals surface area contributed by atoms with Gasteiger partial charge in [0, 0.05) is 0 Å². The molecule has 0 atom stereocenters. The van der Waals surface area contributed by atoms with Gasteiger partial charge in [-0.15, -0.1) is 21.9 Å². The Kier molecular flexibility index (Phi) is 13.1. The van der Waals surface area contributed by atoms with Crippen LogP contribution in [0.4, 0.5) is 87.8 Å². The average molecular weight is 990 g/mol. The molecule has 0 saturated carbocycles. The Labute approximate surface area is 332 Å². The summed E-state index contributed by atoms with van der Waals surface area (Å²) in [5.74, 6) is -70.5. The summed E-state index contributed by atoms with van der Waals surface area (Å²) < 4.78 is 302. The third-order valence-corrected chi connectivity index (χ3v) is 11.4. The Balaban J connectivity index is 0.000000379. The molecule has 0 aliphatic carbocycles. The molecule has 0 radical (unpaired) electrons. The van der Waals surface area contributed by atoms with E-state index in [0.717, 1.165) is 5.75 Å². The summed E-state index contributed by atoms with van der Waals surface area (Å²) in [6.45, 7) is 0. The Hall–Kier alpha value is -5.49. The van der Waals surface area contributed by atoms with Crippen LogP contribution in [-0.4, -0.2) is 13.3 Å². The number of hydrogen-bond acceptors (Lipinski definition) is 1. The molecule has 0 N–H and O–H groups in total. The first-order chi connectivity index (χ1) is 28.1. The highest BCUT2D eigenvalue weighted by molar-refractivity contribution is 7.20. The fourth-order valence-corrected chi connectivity index (χ4v) is 8.32. The SMILES string of the molecule is COc1ccc([I+]c2ccccc2)cc1.Fc1c(F)c(F)c([B-](c2c(F)c(F)c(F)c(F)c2F)(c2c(F)c(F)c(F)c(F)c2F)c2c(F)c(F)c(F)c(F)c2F)c(F)c1F. The first-order valence-electron chi connectivity index (χ1n) is 15.7. The molecular formula is C37H12BF20IO. The van der Waals surface area contributed by atoms with Crippen molar-refractivity contribution >= 4 is 28.0 Å². The second-order valence-corrected chi connectivity index (χ2v) is 14.9. The minimum atomic E-state index is -7.22. The van der Waals surface area contributed by atoms with Gasteiger partial charge in [-0.05, 0) is 36.4 Å². The molecule has 23 heteroatoms. The molecule has 0 aliphatic heterocycles. The molecule has 6 aromatic rings. The van der Waals surface area contributed by atoms with Gasteiger partial charge in [-0.3, -0.25) is 0 Å². The maximum absolute atomic E-state index is 15.4. The molecule has 6 aromatic carbocycles. The van der Waals surface area contributed by atoms with E-state index in [-0.39, 0.29) is 21.2 Å². The molecule has 0 spiro atoms. The highest BCUT2D eigenvalue weighted by Crippen LogP contribution is 2.30. The van der Waals surface area contributed by atoms with Crippen molar-refractivity contribution in [1.82, 2.24) is 0 Å². The largest absolute Gasteiger partial charge is 0.497 e. The van der Waals surface area contributed by atoms with Crippen LogP contribution in [0.2, 0.25) is 0 Å². The van der Waals surface area contributed by atoms with Gasteiger partial charge in [-0.25, -0.2) is 87.8 Å². The zero-order valence-electron chi connectivity index (χ0n) is 28.6. The van der Waals surface area contributed by atoms with Crippen molar-refractivity contribution in [3.8, 4) is 5.75 Å². The Morgan fingerprint density at radius 1 is 0.300 bits per heavy atom. The number of halogens is 21. The standard InChI is InChI=1S/C24BF20.C13H12IO/c26-5-1(6(27)14(35)21(42)13(5)34)25(2-7(28)15(36)22(43)16(37)8(2)29,3-9(30)17(38)23(44)18(39)10(3)31)4-11(32)19(40)24(45)20(41)12(4)33;1-15-13-9-7-12(8-10-13)14-11-5-3-2-4-6-11/h;2-10H,1H3/q-1;+1. The Bertz CT molecular complexity index is 2280. The summed E-state index contributed by atoms with van der Waals surface area (Å²) in [5.41, 5.74) is -14.3. The topological polar surface area (TPSA) is 9.23 Å². The van der Waals surface area contributed by atoms with Crippen LogP contribution in [0, 0.1) is 123 Å². The molecule has 0 heterocycles. The zero-order chi connectivity index (χ0) is 44.9. The predicted molar refractivity (Wildman–Crippen MR) is 166 cm³/mol. The molecule has 0 bridgehead atoms. The highest BCUT2D eigenvalue weighted by Gasteiger charge is 2.52. The maximum Gasteiger partial charge on any atom is 0.357 e. The van der Waals surface area contributed by atoms with Crippen molar-refractivity contribution in [3.63, 3.8) is 0 Å². The van der Waals surface area contributed by atoms with Crippen LogP contribution in [-0.2, 0) is 0 Å². The van der Waals surface area contributed by atoms with Crippen LogP contribution in [0.1, 0.15) is 0 Å². The first kappa shape index (κ1) is 45.6. The molecule has 6 rings (SSSR count). The van der Waals surface area contributed by atoms with Crippen LogP contribution in [0.15, 0.2) is 54.6 Å². The number of rotatable bonds is 7. The van der Waals surface area contributed by atoms with Crippen molar-refractivity contribution in [2.75, 3.05) is 7.11 Å². The third-order valence-electron chi connectivity index (χ3n) is 8.71. The zero-order valence-corrected chi connectivity index (χ0v) is 30.8. The summed E-state index contributed by atoms with van der Waals surface area (Å²) in [4.78, 5) is 0. The van der Waals surface area contributed by atoms with E-state index in [2.05, 4.69) is 42.5 Å². The normalized spacial score (nSPS) is 11.5. The molecule has 0 fully saturated rings. The van der Waals surface area contributed by atoms with E-state index >= 15 is 35.1 Å². The minimum Gasteiger partial charge on any atom is -0.497 e. The first-order valence-corrected chi connectivity index (χ1v) is 17.8. The van der Waals surface area contributed by atoms with Gasteiger partial charge in [0.2, 0.25) is 0 Å². The fraction of sp³-hybridized carbons (Fsp3) is 0.0270. The summed E-state index contributed by atoms with van der Waals surface area (Å²) in [6.07, 6.45) is -7.22. The minimum absolute atomic E-state index is 0.0449. The average Bonchev–Trinajstić information content (AvgIpc) is 3.24. The van der Waals surface area contributed by atoms with Gasteiger partial charge in [-0.2, -0.15) is 0 Å². The molecule has 0 unspecified atom stereocenters. The lowest BCUT2D eigenvalue weighted by molar-refractivity contribution is -0.597. The van der Waals surface area contributed by atoms with E-state index in [1.807, 2.05) is 12.1 Å². The van der Waals surface area contributed by atoms with Gasteiger partial charge in [-0.1, -0.05) is 18.2 Å². The lowest BCUT2D eigenvalue weighted by Crippen LogP contribution is -3.61. The van der Waals surface area contributed by atoms with Gasteiger partial charge in [0.05, 0.1) is 7.11 Å². The summed E-state index contributed by atoms with van der Waals surface area (Å²) in [6, 6.07) is 19.0. The van der Waals surface area contributed by atoms with Crippen LogP contribution in [0.25, 0.3) is 0 Å². The van der Waals surface area contributed by atoms with Crippen molar-refractivity contribution < 1.29 is 114 Å². The predicted octanol–water partition coefficient (Wildman–Crippen LogP) is 5.67. The van der Waals surface area contributed by atoms with E-state index < -0.39 is 144 Å². The summed E-state index contributed by atoms with van der Waals surface area (Å²) >= 11 is -0.0449. The van der Waals surface area contributed by atoms with Crippen molar-refractivity contribution in [2.24, 2.45) is 0 Å². The van der Waals surface area contributed by atoms with Gasteiger partial charge in [0.25, 0.3) is 0 Å². The smallest absolute Gasteiger partial charge is 0.357 e. The summed E-state index contributed by atoms with van der Waals surface area (Å²) in [7, 11) is 1.70. The van der Waals surface area contributed by atoms with Crippen LogP contribution in [0.3, 0.4) is 0 Å². The molecule has 0 amide bonds. The second kappa shape index (κ2) is 17.2. The highest BCUT2D eigenvalue weighted by atomic mass is 127. The van der Waals surface area contributed by atoms with Crippen molar-refractivity contribution in [2.45, 2.75) is 0 Å². The quantitative estimate of drug-likeness (QED) is 0.0660. The van der Waals surface area contributed by atoms with E-state index in [9.17, 15) is 52.7 Å². The Morgan fingerprint density at radius 2 is 0.517 bits per heavy atom. The molecule has 60 heavy (non-hydrogen) atoms. The molecule has 0 saturated heterocycles. The molecular weight excluding hydrogens is 978 g/mol. The number of hydrogen-bond donors (Lipinski definition) is 0. The third kappa shape index (κ3) is 7.26. The van der Waals surface area contributed by atoms with Crippen molar-refractivity contribution in [3.05, 3.63) is 178 Å². The summed E-state index contributed by atoms with van der Waals surface area (Å²) in [5, 5.41) is 0. The van der Waals surface area contributed by atoms with Crippen molar-refractivity contribution in [1.29, 1.82) is 0 Å². The number of benzene rings is 6. The lowest BCUT2D eigenvalue weighted by Gasteiger charge is -2.44. The Morgan fingerprint density at radius 3 is 0.750 bits per heavy atom.